The molecule has 0 radical (unpaired) electrons. The maximum atomic E-state index is 13.1. The number of carbonyl (C=O) groups is 1. The number of carbonyl (C=O) groups excluding carboxylic acids is 1. The van der Waals surface area contributed by atoms with Crippen molar-refractivity contribution in [2.45, 2.75) is 19.0 Å². The summed E-state index contributed by atoms with van der Waals surface area (Å²) < 4.78 is 82.4. The summed E-state index contributed by atoms with van der Waals surface area (Å²) in [6.45, 7) is 0.104. The van der Waals surface area contributed by atoms with Crippen LogP contribution in [0.25, 0.3) is 0 Å². The SMILES string of the molecule is CS(=O)(=O)N(CCCC(=O)NCCOc1ccc(F)cc1)c1ccc(Cl)c(C(F)(F)F)c1. The Kier molecular flexibility index (Phi) is 8.73. The maximum absolute atomic E-state index is 13.1. The van der Waals surface area contributed by atoms with Gasteiger partial charge in [0, 0.05) is 13.0 Å². The first-order valence-electron chi connectivity index (χ1n) is 9.37. The zero-order chi connectivity index (χ0) is 23.9. The highest BCUT2D eigenvalue weighted by Crippen LogP contribution is 2.37. The minimum Gasteiger partial charge on any atom is -0.492 e. The lowest BCUT2D eigenvalue weighted by Crippen LogP contribution is -2.33. The molecule has 1 amide bonds. The molecule has 2 rings (SSSR count). The molecule has 0 aliphatic carbocycles. The van der Waals surface area contributed by atoms with Crippen LogP contribution in [0, 0.1) is 5.82 Å². The highest BCUT2D eigenvalue weighted by atomic mass is 35.5. The van der Waals surface area contributed by atoms with Crippen LogP contribution in [0.2, 0.25) is 5.02 Å². The Morgan fingerprint density at radius 3 is 2.41 bits per heavy atom. The van der Waals surface area contributed by atoms with Gasteiger partial charge in [-0.05, 0) is 48.9 Å². The van der Waals surface area contributed by atoms with Crippen LogP contribution < -0.4 is 14.4 Å². The smallest absolute Gasteiger partial charge is 0.417 e. The summed E-state index contributed by atoms with van der Waals surface area (Å²) in [5.74, 6) is -0.346. The van der Waals surface area contributed by atoms with Gasteiger partial charge in [0.2, 0.25) is 15.9 Å². The number of ether oxygens (including phenoxy) is 1. The molecule has 0 spiro atoms. The number of rotatable bonds is 10. The molecule has 0 saturated carbocycles. The third-order valence-electron chi connectivity index (χ3n) is 4.22. The first-order valence-corrected chi connectivity index (χ1v) is 11.6. The molecular weight excluding hydrogens is 476 g/mol. The van der Waals surface area contributed by atoms with Crippen LogP contribution in [0.15, 0.2) is 42.5 Å². The van der Waals surface area contributed by atoms with E-state index in [2.05, 4.69) is 5.32 Å². The fourth-order valence-corrected chi connectivity index (χ4v) is 3.92. The number of nitrogens with zero attached hydrogens (tertiary/aromatic N) is 1. The molecule has 176 valence electrons. The molecule has 0 atom stereocenters. The number of alkyl halides is 3. The highest BCUT2D eigenvalue weighted by Gasteiger charge is 2.34. The minimum absolute atomic E-state index is 0.0533. The summed E-state index contributed by atoms with van der Waals surface area (Å²) in [4.78, 5) is 11.9. The van der Waals surface area contributed by atoms with Gasteiger partial charge in [-0.3, -0.25) is 9.10 Å². The van der Waals surface area contributed by atoms with Gasteiger partial charge in [-0.25, -0.2) is 12.8 Å². The van der Waals surface area contributed by atoms with Gasteiger partial charge in [0.1, 0.15) is 18.2 Å². The second-order valence-corrected chi connectivity index (χ2v) is 9.07. The average Bonchev–Trinajstić information content (AvgIpc) is 2.69. The van der Waals surface area contributed by atoms with E-state index in [4.69, 9.17) is 16.3 Å². The number of halogens is 5. The van der Waals surface area contributed by atoms with E-state index in [1.807, 2.05) is 0 Å². The van der Waals surface area contributed by atoms with Gasteiger partial charge < -0.3 is 10.1 Å². The molecule has 6 nitrogen and oxygen atoms in total. The lowest BCUT2D eigenvalue weighted by Gasteiger charge is -2.23. The zero-order valence-electron chi connectivity index (χ0n) is 17.0. The third-order valence-corrected chi connectivity index (χ3v) is 5.74. The number of nitrogens with one attached hydrogen (secondary N) is 1. The molecule has 0 fully saturated rings. The Bertz CT molecular complexity index is 1030. The van der Waals surface area contributed by atoms with E-state index in [1.165, 1.54) is 30.3 Å². The molecule has 12 heteroatoms. The summed E-state index contributed by atoms with van der Waals surface area (Å²) in [5, 5.41) is 2.04. The van der Waals surface area contributed by atoms with Gasteiger partial charge in [0.05, 0.1) is 29.1 Å². The predicted octanol–water partition coefficient (Wildman–Crippen LogP) is 4.24. The summed E-state index contributed by atoms with van der Waals surface area (Å²) >= 11 is 5.58. The van der Waals surface area contributed by atoms with Gasteiger partial charge >= 0.3 is 6.18 Å². The molecular formula is C20H21ClF4N2O4S. The molecule has 0 saturated heterocycles. The first-order chi connectivity index (χ1) is 14.9. The predicted molar refractivity (Wildman–Crippen MR) is 113 cm³/mol. The van der Waals surface area contributed by atoms with Gasteiger partial charge in [-0.2, -0.15) is 13.2 Å². The average molecular weight is 497 g/mol. The fourth-order valence-electron chi connectivity index (χ4n) is 2.73. The number of amides is 1. The number of hydrogen-bond donors (Lipinski definition) is 1. The fraction of sp³-hybridized carbons (Fsp3) is 0.350. The lowest BCUT2D eigenvalue weighted by atomic mass is 10.2. The summed E-state index contributed by atoms with van der Waals surface area (Å²) in [6.07, 6.45) is -3.86. The van der Waals surface area contributed by atoms with Crippen molar-refractivity contribution >= 4 is 33.2 Å². The van der Waals surface area contributed by atoms with E-state index in [0.29, 0.717) is 11.8 Å². The van der Waals surface area contributed by atoms with Crippen LogP contribution in [0.1, 0.15) is 18.4 Å². The zero-order valence-corrected chi connectivity index (χ0v) is 18.5. The van der Waals surface area contributed by atoms with Crippen molar-refractivity contribution in [2.24, 2.45) is 0 Å². The van der Waals surface area contributed by atoms with Crippen LogP contribution >= 0.6 is 11.6 Å². The van der Waals surface area contributed by atoms with Crippen molar-refractivity contribution in [3.8, 4) is 5.75 Å². The van der Waals surface area contributed by atoms with Crippen LogP contribution in [0.3, 0.4) is 0 Å². The molecule has 0 heterocycles. The molecule has 0 aliphatic heterocycles. The summed E-state index contributed by atoms with van der Waals surface area (Å²) in [5.41, 5.74) is -1.35. The van der Waals surface area contributed by atoms with Crippen molar-refractivity contribution in [1.82, 2.24) is 5.32 Å². The largest absolute Gasteiger partial charge is 0.492 e. The van der Waals surface area contributed by atoms with Crippen molar-refractivity contribution in [2.75, 3.05) is 30.3 Å². The first kappa shape index (κ1) is 25.7. The molecule has 0 aromatic heterocycles. The molecule has 32 heavy (non-hydrogen) atoms. The van der Waals surface area contributed by atoms with Crippen LogP contribution in [0.4, 0.5) is 23.2 Å². The van der Waals surface area contributed by atoms with Gasteiger partial charge in [-0.15, -0.1) is 0 Å². The Morgan fingerprint density at radius 2 is 1.81 bits per heavy atom. The number of hydrogen-bond acceptors (Lipinski definition) is 4. The molecule has 2 aromatic rings. The van der Waals surface area contributed by atoms with Gasteiger partial charge in [0.25, 0.3) is 0 Å². The maximum Gasteiger partial charge on any atom is 0.417 e. The van der Waals surface area contributed by atoms with Gasteiger partial charge in [0.15, 0.2) is 0 Å². The van der Waals surface area contributed by atoms with E-state index < -0.39 is 32.6 Å². The number of benzene rings is 2. The molecule has 0 unspecified atom stereocenters. The quantitative estimate of drug-likeness (QED) is 0.394. The Hall–Kier alpha value is -2.53. The number of anilines is 1. The number of sulfonamides is 1. The normalized spacial score (nSPS) is 11.8. The van der Waals surface area contributed by atoms with Crippen LogP contribution in [-0.4, -0.2) is 40.3 Å². The second kappa shape index (κ2) is 10.9. The second-order valence-electron chi connectivity index (χ2n) is 6.75. The molecule has 0 bridgehead atoms. The molecule has 1 N–H and O–H groups in total. The van der Waals surface area contributed by atoms with Crippen molar-refractivity contribution in [3.63, 3.8) is 0 Å². The molecule has 0 aliphatic rings. The summed E-state index contributed by atoms with van der Waals surface area (Å²) in [7, 11) is -3.90. The minimum atomic E-state index is -4.74. The van der Waals surface area contributed by atoms with Crippen LogP contribution in [0.5, 0.6) is 5.75 Å². The van der Waals surface area contributed by atoms with E-state index >= 15 is 0 Å². The Labute approximate surface area is 188 Å². The topological polar surface area (TPSA) is 75.7 Å². The highest BCUT2D eigenvalue weighted by molar-refractivity contribution is 7.92. The van der Waals surface area contributed by atoms with Crippen molar-refractivity contribution < 1.29 is 35.5 Å². The molecule has 2 aromatic carbocycles. The van der Waals surface area contributed by atoms with E-state index in [0.717, 1.165) is 16.6 Å². The van der Waals surface area contributed by atoms with Crippen molar-refractivity contribution in [1.29, 1.82) is 0 Å². The van der Waals surface area contributed by atoms with Crippen LogP contribution in [-0.2, 0) is 21.0 Å². The monoisotopic (exact) mass is 496 g/mol. The Morgan fingerprint density at radius 1 is 1.16 bits per heavy atom. The Balaban J connectivity index is 1.88. The van der Waals surface area contributed by atoms with E-state index in [-0.39, 0.29) is 44.1 Å². The standard InChI is InChI=1S/C20H21ClF4N2O4S/c1-32(29,30)27(15-6-9-18(21)17(13-15)20(23,24)25)11-2-3-19(28)26-10-12-31-16-7-4-14(22)5-8-16/h4-9,13H,2-3,10-12H2,1H3,(H,26,28). The lowest BCUT2D eigenvalue weighted by molar-refractivity contribution is -0.137. The summed E-state index contributed by atoms with van der Waals surface area (Å²) in [6, 6.07) is 8.17. The third kappa shape index (κ3) is 7.86. The van der Waals surface area contributed by atoms with Crippen molar-refractivity contribution in [3.05, 3.63) is 58.9 Å². The van der Waals surface area contributed by atoms with E-state index in [9.17, 15) is 30.8 Å². The van der Waals surface area contributed by atoms with E-state index in [1.54, 1.807) is 0 Å². The van der Waals surface area contributed by atoms with Gasteiger partial charge in [-0.1, -0.05) is 11.6 Å².